The molecule has 30 heavy (non-hydrogen) atoms. The van der Waals surface area contributed by atoms with Crippen molar-refractivity contribution in [3.8, 4) is 11.5 Å². The standard InChI is InChI=1S/C22H29N3O5/c1-16(5-6-17-7-12-20(29-2)21(15-17)30-3)23-13-4-14-24-22(26)18-8-10-19(11-9-18)25(27)28/h7-12,15-16,23H,4-6,13-14H2,1-3H3,(H,24,26). The Morgan fingerprint density at radius 3 is 2.40 bits per heavy atom. The van der Waals surface area contributed by atoms with E-state index in [1.165, 1.54) is 29.8 Å². The Kier molecular flexibility index (Phi) is 9.08. The molecule has 2 rings (SSSR count). The number of aryl methyl sites for hydroxylation is 1. The normalized spacial score (nSPS) is 11.6. The van der Waals surface area contributed by atoms with Crippen LogP contribution in [0.3, 0.4) is 0 Å². The maximum atomic E-state index is 12.1. The molecule has 2 N–H and O–H groups in total. The molecule has 0 heterocycles. The molecule has 0 spiro atoms. The topological polar surface area (TPSA) is 103 Å². The summed E-state index contributed by atoms with van der Waals surface area (Å²) in [7, 11) is 3.25. The van der Waals surface area contributed by atoms with Gasteiger partial charge in [0, 0.05) is 30.3 Å². The van der Waals surface area contributed by atoms with Crippen LogP contribution in [0.1, 0.15) is 35.7 Å². The highest BCUT2D eigenvalue weighted by atomic mass is 16.6. The summed E-state index contributed by atoms with van der Waals surface area (Å²) in [6.07, 6.45) is 2.69. The van der Waals surface area contributed by atoms with E-state index < -0.39 is 4.92 Å². The highest BCUT2D eigenvalue weighted by molar-refractivity contribution is 5.94. The fraction of sp³-hybridized carbons (Fsp3) is 0.409. The Morgan fingerprint density at radius 1 is 1.07 bits per heavy atom. The second kappa shape index (κ2) is 11.8. The van der Waals surface area contributed by atoms with Crippen LogP contribution in [0.2, 0.25) is 0 Å². The van der Waals surface area contributed by atoms with Crippen LogP contribution in [0.25, 0.3) is 0 Å². The van der Waals surface area contributed by atoms with Gasteiger partial charge in [-0.05, 0) is 62.6 Å². The van der Waals surface area contributed by atoms with Crippen molar-refractivity contribution in [2.24, 2.45) is 0 Å². The number of hydrogen-bond donors (Lipinski definition) is 2. The fourth-order valence-corrected chi connectivity index (χ4v) is 3.00. The summed E-state index contributed by atoms with van der Waals surface area (Å²) in [6, 6.07) is 11.9. The predicted octanol–water partition coefficient (Wildman–Crippen LogP) is 3.34. The highest BCUT2D eigenvalue weighted by Gasteiger charge is 2.09. The Morgan fingerprint density at radius 2 is 1.77 bits per heavy atom. The minimum absolute atomic E-state index is 0.0298. The van der Waals surface area contributed by atoms with Gasteiger partial charge in [0.1, 0.15) is 0 Å². The van der Waals surface area contributed by atoms with Crippen molar-refractivity contribution < 1.29 is 19.2 Å². The molecule has 8 heteroatoms. The first-order valence-electron chi connectivity index (χ1n) is 9.91. The highest BCUT2D eigenvalue weighted by Crippen LogP contribution is 2.28. The number of carbonyl (C=O) groups excluding carboxylic acids is 1. The van der Waals surface area contributed by atoms with Crippen molar-refractivity contribution in [1.29, 1.82) is 0 Å². The lowest BCUT2D eigenvalue weighted by atomic mass is 10.1. The molecule has 0 saturated carbocycles. The van der Waals surface area contributed by atoms with E-state index in [-0.39, 0.29) is 11.6 Å². The van der Waals surface area contributed by atoms with Crippen LogP contribution in [-0.4, -0.2) is 44.2 Å². The average molecular weight is 415 g/mol. The van der Waals surface area contributed by atoms with Gasteiger partial charge in [0.2, 0.25) is 0 Å². The third-order valence-electron chi connectivity index (χ3n) is 4.79. The van der Waals surface area contributed by atoms with Gasteiger partial charge in [-0.2, -0.15) is 0 Å². The number of nitrogens with zero attached hydrogens (tertiary/aromatic N) is 1. The first-order valence-corrected chi connectivity index (χ1v) is 9.91. The van der Waals surface area contributed by atoms with Gasteiger partial charge in [-0.1, -0.05) is 6.07 Å². The number of nitro groups is 1. The van der Waals surface area contributed by atoms with Crippen molar-refractivity contribution in [2.75, 3.05) is 27.3 Å². The first-order chi connectivity index (χ1) is 14.4. The van der Waals surface area contributed by atoms with Crippen molar-refractivity contribution in [3.63, 3.8) is 0 Å². The van der Waals surface area contributed by atoms with Gasteiger partial charge in [0.25, 0.3) is 11.6 Å². The van der Waals surface area contributed by atoms with Gasteiger partial charge >= 0.3 is 0 Å². The molecule has 0 saturated heterocycles. The smallest absolute Gasteiger partial charge is 0.269 e. The predicted molar refractivity (Wildman–Crippen MR) is 115 cm³/mol. The lowest BCUT2D eigenvalue weighted by Crippen LogP contribution is -2.31. The Balaban J connectivity index is 1.64. The van der Waals surface area contributed by atoms with Crippen LogP contribution >= 0.6 is 0 Å². The Hall–Kier alpha value is -3.13. The van der Waals surface area contributed by atoms with Crippen LogP contribution in [0.5, 0.6) is 11.5 Å². The zero-order valence-electron chi connectivity index (χ0n) is 17.6. The van der Waals surface area contributed by atoms with Gasteiger partial charge in [0.15, 0.2) is 11.5 Å². The van der Waals surface area contributed by atoms with E-state index in [4.69, 9.17) is 9.47 Å². The van der Waals surface area contributed by atoms with E-state index in [0.717, 1.165) is 37.3 Å². The first kappa shape index (κ1) is 23.2. The summed E-state index contributed by atoms with van der Waals surface area (Å²) in [5, 5.41) is 16.9. The number of nitrogens with one attached hydrogen (secondary N) is 2. The minimum atomic E-state index is -0.486. The van der Waals surface area contributed by atoms with Crippen LogP contribution in [-0.2, 0) is 6.42 Å². The number of non-ortho nitro benzene ring substituents is 1. The second-order valence-corrected chi connectivity index (χ2v) is 7.00. The van der Waals surface area contributed by atoms with Gasteiger partial charge in [-0.3, -0.25) is 14.9 Å². The molecule has 162 valence electrons. The summed E-state index contributed by atoms with van der Waals surface area (Å²) >= 11 is 0. The molecule has 0 aromatic heterocycles. The van der Waals surface area contributed by atoms with Gasteiger partial charge in [-0.15, -0.1) is 0 Å². The van der Waals surface area contributed by atoms with Crippen molar-refractivity contribution >= 4 is 11.6 Å². The van der Waals surface area contributed by atoms with Crippen molar-refractivity contribution in [2.45, 2.75) is 32.2 Å². The third kappa shape index (κ3) is 7.04. The van der Waals surface area contributed by atoms with Gasteiger partial charge < -0.3 is 20.1 Å². The van der Waals surface area contributed by atoms with Crippen LogP contribution in [0, 0.1) is 10.1 Å². The zero-order valence-corrected chi connectivity index (χ0v) is 17.6. The van der Waals surface area contributed by atoms with E-state index in [1.807, 2.05) is 18.2 Å². The number of ether oxygens (including phenoxy) is 2. The summed E-state index contributed by atoms with van der Waals surface area (Å²) in [4.78, 5) is 22.2. The molecule has 2 aromatic carbocycles. The SMILES string of the molecule is COc1ccc(CCC(C)NCCCNC(=O)c2ccc([N+](=O)[O-])cc2)cc1OC. The number of benzene rings is 2. The molecular formula is C22H29N3O5. The molecule has 0 aliphatic carbocycles. The second-order valence-electron chi connectivity index (χ2n) is 7.00. The Labute approximate surface area is 176 Å². The summed E-state index contributed by atoms with van der Waals surface area (Å²) < 4.78 is 10.6. The molecule has 2 aromatic rings. The number of hydrogen-bond acceptors (Lipinski definition) is 6. The summed E-state index contributed by atoms with van der Waals surface area (Å²) in [6.45, 7) is 3.45. The van der Waals surface area contributed by atoms with Crippen LogP contribution in [0.4, 0.5) is 5.69 Å². The lowest BCUT2D eigenvalue weighted by molar-refractivity contribution is -0.384. The number of methoxy groups -OCH3 is 2. The molecule has 0 fully saturated rings. The number of amides is 1. The van der Waals surface area contributed by atoms with E-state index in [0.29, 0.717) is 18.2 Å². The van der Waals surface area contributed by atoms with E-state index in [9.17, 15) is 14.9 Å². The van der Waals surface area contributed by atoms with Crippen LogP contribution in [0.15, 0.2) is 42.5 Å². The Bertz CT molecular complexity index is 839. The maximum Gasteiger partial charge on any atom is 0.269 e. The largest absolute Gasteiger partial charge is 0.493 e. The molecule has 1 atom stereocenters. The fourth-order valence-electron chi connectivity index (χ4n) is 3.00. The molecule has 0 aliphatic heterocycles. The van der Waals surface area contributed by atoms with Gasteiger partial charge in [-0.25, -0.2) is 0 Å². The van der Waals surface area contributed by atoms with Crippen molar-refractivity contribution in [3.05, 3.63) is 63.7 Å². The molecule has 1 unspecified atom stereocenters. The molecular weight excluding hydrogens is 386 g/mol. The third-order valence-corrected chi connectivity index (χ3v) is 4.79. The molecule has 0 aliphatic rings. The van der Waals surface area contributed by atoms with E-state index in [2.05, 4.69) is 17.6 Å². The van der Waals surface area contributed by atoms with Crippen molar-refractivity contribution in [1.82, 2.24) is 10.6 Å². The van der Waals surface area contributed by atoms with Crippen LogP contribution < -0.4 is 20.1 Å². The number of carbonyl (C=O) groups is 1. The molecule has 8 nitrogen and oxygen atoms in total. The van der Waals surface area contributed by atoms with E-state index in [1.54, 1.807) is 14.2 Å². The summed E-state index contributed by atoms with van der Waals surface area (Å²) in [5.74, 6) is 1.23. The quantitative estimate of drug-likeness (QED) is 0.313. The molecule has 0 radical (unpaired) electrons. The summed E-state index contributed by atoms with van der Waals surface area (Å²) in [5.41, 5.74) is 1.58. The molecule has 1 amide bonds. The monoisotopic (exact) mass is 415 g/mol. The number of rotatable bonds is 12. The number of nitro benzene ring substituents is 1. The van der Waals surface area contributed by atoms with E-state index >= 15 is 0 Å². The zero-order chi connectivity index (χ0) is 21.9. The maximum absolute atomic E-state index is 12.1. The minimum Gasteiger partial charge on any atom is -0.493 e. The molecule has 0 bridgehead atoms. The lowest BCUT2D eigenvalue weighted by Gasteiger charge is -2.15. The van der Waals surface area contributed by atoms with Gasteiger partial charge in [0.05, 0.1) is 19.1 Å². The average Bonchev–Trinajstić information content (AvgIpc) is 2.77.